The van der Waals surface area contributed by atoms with Crippen LogP contribution in [0.3, 0.4) is 0 Å². The second-order valence-electron chi connectivity index (χ2n) is 4.44. The Labute approximate surface area is 137 Å². The number of rotatable bonds is 4. The minimum Gasteiger partial charge on any atom is -0.398 e. The van der Waals surface area contributed by atoms with Crippen molar-refractivity contribution in [2.24, 2.45) is 0 Å². The van der Waals surface area contributed by atoms with E-state index < -0.39 is 10.0 Å². The van der Waals surface area contributed by atoms with Gasteiger partial charge in [0.1, 0.15) is 0 Å². The normalized spacial score (nSPS) is 11.4. The summed E-state index contributed by atoms with van der Waals surface area (Å²) in [6.45, 7) is 1.96. The van der Waals surface area contributed by atoms with Crippen molar-refractivity contribution in [1.29, 1.82) is 0 Å². The van der Waals surface area contributed by atoms with Gasteiger partial charge in [0.15, 0.2) is 0 Å². The lowest BCUT2D eigenvalue weighted by Gasteiger charge is -2.11. The fraction of sp³-hybridized carbons (Fsp3) is 0.143. The second kappa shape index (κ2) is 6.25. The molecular weight excluding hydrogens is 376 g/mol. The summed E-state index contributed by atoms with van der Waals surface area (Å²) in [6.07, 6.45) is 0.748. The molecule has 21 heavy (non-hydrogen) atoms. The maximum Gasteiger partial charge on any atom is 0.262 e. The SMILES string of the molecule is CCc1ccc(S(=O)(=O)Nc2ccc(Br)cc2Cl)cc1N. The Morgan fingerprint density at radius 1 is 1.24 bits per heavy atom. The number of halogens is 2. The molecule has 0 fully saturated rings. The molecule has 0 unspecified atom stereocenters. The number of nitrogens with two attached hydrogens (primary N) is 1. The molecule has 0 aliphatic rings. The first-order chi connectivity index (χ1) is 9.83. The van der Waals surface area contributed by atoms with E-state index in [-0.39, 0.29) is 4.90 Å². The second-order valence-corrected chi connectivity index (χ2v) is 7.45. The first-order valence-corrected chi connectivity index (χ1v) is 8.85. The third kappa shape index (κ3) is 3.70. The zero-order valence-electron chi connectivity index (χ0n) is 11.2. The minimum atomic E-state index is -3.73. The van der Waals surface area contributed by atoms with Crippen LogP contribution in [0.5, 0.6) is 0 Å². The van der Waals surface area contributed by atoms with E-state index in [0.717, 1.165) is 16.5 Å². The molecule has 0 spiro atoms. The van der Waals surface area contributed by atoms with Crippen molar-refractivity contribution >= 4 is 48.9 Å². The predicted molar refractivity (Wildman–Crippen MR) is 90.2 cm³/mol. The van der Waals surface area contributed by atoms with Gasteiger partial charge in [0.25, 0.3) is 10.0 Å². The van der Waals surface area contributed by atoms with Crippen molar-refractivity contribution in [3.63, 3.8) is 0 Å². The molecule has 0 radical (unpaired) electrons. The van der Waals surface area contributed by atoms with Gasteiger partial charge in [-0.3, -0.25) is 4.72 Å². The van der Waals surface area contributed by atoms with Crippen molar-refractivity contribution in [2.75, 3.05) is 10.5 Å². The van der Waals surface area contributed by atoms with Gasteiger partial charge in [-0.15, -0.1) is 0 Å². The Kier molecular flexibility index (Phi) is 4.81. The first-order valence-electron chi connectivity index (χ1n) is 6.19. The molecule has 0 heterocycles. The van der Waals surface area contributed by atoms with Crippen molar-refractivity contribution < 1.29 is 8.42 Å². The van der Waals surface area contributed by atoms with E-state index in [1.807, 2.05) is 6.92 Å². The molecule has 2 rings (SSSR count). The third-order valence-electron chi connectivity index (χ3n) is 2.98. The summed E-state index contributed by atoms with van der Waals surface area (Å²) < 4.78 is 27.9. The minimum absolute atomic E-state index is 0.108. The molecule has 3 N–H and O–H groups in total. The standard InChI is InChI=1S/C14H14BrClN2O2S/c1-2-9-3-5-11(8-13(9)17)21(19,20)18-14-6-4-10(15)7-12(14)16/h3-8,18H,2,17H2,1H3. The molecule has 0 aliphatic carbocycles. The maximum absolute atomic E-state index is 12.4. The van der Waals surface area contributed by atoms with Crippen LogP contribution in [0.2, 0.25) is 5.02 Å². The fourth-order valence-electron chi connectivity index (χ4n) is 1.84. The summed E-state index contributed by atoms with van der Waals surface area (Å²) in [5.41, 5.74) is 7.54. The number of sulfonamides is 1. The molecule has 0 atom stereocenters. The number of nitrogens with one attached hydrogen (secondary N) is 1. The van der Waals surface area contributed by atoms with Gasteiger partial charge in [0.2, 0.25) is 0 Å². The molecule has 2 aromatic rings. The monoisotopic (exact) mass is 388 g/mol. The van der Waals surface area contributed by atoms with Crippen LogP contribution < -0.4 is 10.5 Å². The molecule has 2 aromatic carbocycles. The molecule has 4 nitrogen and oxygen atoms in total. The molecular formula is C14H14BrClN2O2S. The van der Waals surface area contributed by atoms with E-state index in [0.29, 0.717) is 16.4 Å². The summed E-state index contributed by atoms with van der Waals surface area (Å²) >= 11 is 9.29. The van der Waals surface area contributed by atoms with E-state index in [2.05, 4.69) is 20.7 Å². The van der Waals surface area contributed by atoms with Gasteiger partial charge in [-0.2, -0.15) is 0 Å². The number of nitrogen functional groups attached to an aromatic ring is 1. The van der Waals surface area contributed by atoms with Crippen molar-refractivity contribution in [2.45, 2.75) is 18.2 Å². The lowest BCUT2D eigenvalue weighted by atomic mass is 10.1. The van der Waals surface area contributed by atoms with Crippen LogP contribution in [0.1, 0.15) is 12.5 Å². The Morgan fingerprint density at radius 2 is 1.95 bits per heavy atom. The van der Waals surface area contributed by atoms with Crippen LogP contribution in [-0.2, 0) is 16.4 Å². The average molecular weight is 390 g/mol. The molecule has 0 saturated heterocycles. The van der Waals surface area contributed by atoms with Crippen molar-refractivity contribution in [3.8, 4) is 0 Å². The molecule has 0 aromatic heterocycles. The van der Waals surface area contributed by atoms with Crippen LogP contribution in [-0.4, -0.2) is 8.42 Å². The van der Waals surface area contributed by atoms with Crippen LogP contribution in [0, 0.1) is 0 Å². The summed E-state index contributed by atoms with van der Waals surface area (Å²) in [7, 11) is -3.73. The summed E-state index contributed by atoms with van der Waals surface area (Å²) in [6, 6.07) is 9.62. The predicted octanol–water partition coefficient (Wildman–Crippen LogP) is 4.05. The number of aryl methyl sites for hydroxylation is 1. The lowest BCUT2D eigenvalue weighted by molar-refractivity contribution is 0.601. The third-order valence-corrected chi connectivity index (χ3v) is 5.15. The van der Waals surface area contributed by atoms with E-state index in [9.17, 15) is 8.42 Å². The Bertz CT molecular complexity index is 779. The number of anilines is 2. The zero-order valence-corrected chi connectivity index (χ0v) is 14.4. The van der Waals surface area contributed by atoms with Gasteiger partial charge >= 0.3 is 0 Å². The summed E-state index contributed by atoms with van der Waals surface area (Å²) in [5.74, 6) is 0. The highest BCUT2D eigenvalue weighted by molar-refractivity contribution is 9.10. The highest BCUT2D eigenvalue weighted by atomic mass is 79.9. The number of hydrogen-bond donors (Lipinski definition) is 2. The molecule has 7 heteroatoms. The Balaban J connectivity index is 2.36. The van der Waals surface area contributed by atoms with E-state index in [4.69, 9.17) is 17.3 Å². The number of benzene rings is 2. The quantitative estimate of drug-likeness (QED) is 0.775. The van der Waals surface area contributed by atoms with Crippen LogP contribution in [0.15, 0.2) is 45.8 Å². The summed E-state index contributed by atoms with van der Waals surface area (Å²) in [4.78, 5) is 0.108. The number of hydrogen-bond acceptors (Lipinski definition) is 3. The Morgan fingerprint density at radius 3 is 2.52 bits per heavy atom. The molecule has 0 saturated carbocycles. The van der Waals surface area contributed by atoms with Gasteiger partial charge in [0.05, 0.1) is 15.6 Å². The van der Waals surface area contributed by atoms with Crippen molar-refractivity contribution in [3.05, 3.63) is 51.5 Å². The molecule has 0 aliphatic heterocycles. The largest absolute Gasteiger partial charge is 0.398 e. The van der Waals surface area contributed by atoms with Crippen LogP contribution in [0.4, 0.5) is 11.4 Å². The maximum atomic E-state index is 12.4. The highest BCUT2D eigenvalue weighted by Crippen LogP contribution is 2.28. The smallest absolute Gasteiger partial charge is 0.262 e. The molecule has 112 valence electrons. The first kappa shape index (κ1) is 16.1. The van der Waals surface area contributed by atoms with E-state index in [1.165, 1.54) is 12.1 Å². The van der Waals surface area contributed by atoms with Gasteiger partial charge in [-0.25, -0.2) is 8.42 Å². The topological polar surface area (TPSA) is 72.2 Å². The highest BCUT2D eigenvalue weighted by Gasteiger charge is 2.17. The van der Waals surface area contributed by atoms with Gasteiger partial charge in [0, 0.05) is 10.2 Å². The van der Waals surface area contributed by atoms with Crippen LogP contribution in [0.25, 0.3) is 0 Å². The van der Waals surface area contributed by atoms with Gasteiger partial charge in [-0.1, -0.05) is 40.5 Å². The van der Waals surface area contributed by atoms with Gasteiger partial charge < -0.3 is 5.73 Å². The zero-order chi connectivity index (χ0) is 15.6. The van der Waals surface area contributed by atoms with E-state index >= 15 is 0 Å². The summed E-state index contributed by atoms with van der Waals surface area (Å²) in [5, 5.41) is 0.311. The lowest BCUT2D eigenvalue weighted by Crippen LogP contribution is -2.14. The average Bonchev–Trinajstić information content (AvgIpc) is 2.42. The van der Waals surface area contributed by atoms with Crippen LogP contribution >= 0.6 is 27.5 Å². The molecule has 0 bridgehead atoms. The fourth-order valence-corrected chi connectivity index (χ4v) is 3.73. The van der Waals surface area contributed by atoms with Gasteiger partial charge in [-0.05, 0) is 42.3 Å². The molecule has 0 amide bonds. The van der Waals surface area contributed by atoms with E-state index in [1.54, 1.807) is 24.3 Å². The van der Waals surface area contributed by atoms with Crippen molar-refractivity contribution in [1.82, 2.24) is 0 Å². The Hall–Kier alpha value is -1.24.